The van der Waals surface area contributed by atoms with Crippen LogP contribution >= 0.6 is 0 Å². The number of H-pyrrole nitrogens is 1. The molecule has 1 aromatic heterocycles. The second kappa shape index (κ2) is 10.2. The van der Waals surface area contributed by atoms with E-state index in [9.17, 15) is 9.59 Å². The summed E-state index contributed by atoms with van der Waals surface area (Å²) in [6.45, 7) is 7.58. The van der Waals surface area contributed by atoms with Crippen LogP contribution in [0, 0.1) is 0 Å². The summed E-state index contributed by atoms with van der Waals surface area (Å²) in [5.74, 6) is 0.814. The van der Waals surface area contributed by atoms with E-state index in [1.165, 1.54) is 11.1 Å². The molecular weight excluding hydrogens is 494 g/mol. The highest BCUT2D eigenvalue weighted by atomic mass is 16.2. The number of aromatic amines is 1. The Kier molecular flexibility index (Phi) is 6.69. The van der Waals surface area contributed by atoms with E-state index in [2.05, 4.69) is 74.3 Å². The molecule has 6 rings (SSSR count). The summed E-state index contributed by atoms with van der Waals surface area (Å²) in [5.41, 5.74) is 7.02. The topological polar surface area (TPSA) is 66.1 Å². The molecule has 1 N–H and O–H groups in total. The van der Waals surface area contributed by atoms with Gasteiger partial charge in [0, 0.05) is 6.54 Å². The van der Waals surface area contributed by atoms with Gasteiger partial charge in [-0.25, -0.2) is 4.98 Å². The highest BCUT2D eigenvalue weighted by Gasteiger charge is 2.48. The average Bonchev–Trinajstić information content (AvgIpc) is 3.78. The Hall–Kier alpha value is -3.99. The summed E-state index contributed by atoms with van der Waals surface area (Å²) in [4.78, 5) is 36.7. The Morgan fingerprint density at radius 2 is 1.70 bits per heavy atom. The Bertz CT molecular complexity index is 1590. The van der Waals surface area contributed by atoms with Crippen molar-refractivity contribution in [3.63, 3.8) is 0 Å². The molecule has 0 spiro atoms. The van der Waals surface area contributed by atoms with E-state index >= 15 is 0 Å². The number of hydrogen-bond donors (Lipinski definition) is 1. The maximum Gasteiger partial charge on any atom is 0.256 e. The lowest BCUT2D eigenvalue weighted by atomic mass is 9.86. The minimum absolute atomic E-state index is 0.0412. The molecule has 204 valence electrons. The molecule has 2 heterocycles. The van der Waals surface area contributed by atoms with E-state index in [4.69, 9.17) is 4.98 Å². The Labute approximate surface area is 236 Å². The normalized spacial score (nSPS) is 16.2. The quantitative estimate of drug-likeness (QED) is 0.327. The Balaban J connectivity index is 1.19. The summed E-state index contributed by atoms with van der Waals surface area (Å²) in [5, 5.41) is 0. The molecule has 40 heavy (non-hydrogen) atoms. The maximum absolute atomic E-state index is 13.5. The first-order valence-corrected chi connectivity index (χ1v) is 14.4. The van der Waals surface area contributed by atoms with Gasteiger partial charge in [-0.3, -0.25) is 9.59 Å². The first-order valence-electron chi connectivity index (χ1n) is 14.4. The molecule has 0 radical (unpaired) electrons. The van der Waals surface area contributed by atoms with E-state index < -0.39 is 0 Å². The molecule has 5 nitrogen and oxygen atoms in total. The van der Waals surface area contributed by atoms with Gasteiger partial charge in [0.15, 0.2) is 0 Å². The number of rotatable bonds is 5. The van der Waals surface area contributed by atoms with Crippen molar-refractivity contribution in [3.05, 3.63) is 123 Å². The smallest absolute Gasteiger partial charge is 0.256 e. The van der Waals surface area contributed by atoms with Crippen molar-refractivity contribution in [2.45, 2.75) is 70.3 Å². The number of aryl methyl sites for hydroxylation is 1. The van der Waals surface area contributed by atoms with E-state index in [0.29, 0.717) is 31.5 Å². The predicted octanol–water partition coefficient (Wildman–Crippen LogP) is 6.33. The molecule has 3 aromatic carbocycles. The number of benzene rings is 3. The number of nitrogens with zero attached hydrogens (tertiary/aromatic N) is 2. The van der Waals surface area contributed by atoms with Crippen LogP contribution in [0.25, 0.3) is 11.1 Å². The molecule has 4 aromatic rings. The van der Waals surface area contributed by atoms with Crippen LogP contribution in [0.5, 0.6) is 0 Å². The van der Waals surface area contributed by atoms with Gasteiger partial charge in [-0.1, -0.05) is 99.6 Å². The van der Waals surface area contributed by atoms with E-state index in [1.54, 1.807) is 0 Å². The maximum atomic E-state index is 13.5. The zero-order valence-electron chi connectivity index (χ0n) is 23.7. The minimum Gasteiger partial charge on any atom is -0.338 e. The summed E-state index contributed by atoms with van der Waals surface area (Å²) < 4.78 is 0. The van der Waals surface area contributed by atoms with E-state index in [1.807, 2.05) is 35.2 Å². The molecule has 1 aliphatic heterocycles. The number of carbonyl (C=O) groups excluding carboxylic acids is 1. The lowest BCUT2D eigenvalue weighted by molar-refractivity contribution is -0.131. The highest BCUT2D eigenvalue weighted by molar-refractivity contribution is 5.79. The van der Waals surface area contributed by atoms with Crippen LogP contribution in [0.1, 0.15) is 73.8 Å². The second-order valence-electron chi connectivity index (χ2n) is 12.4. The van der Waals surface area contributed by atoms with Crippen LogP contribution < -0.4 is 5.56 Å². The molecule has 0 saturated heterocycles. The first-order chi connectivity index (χ1) is 19.2. The lowest BCUT2D eigenvalue weighted by Crippen LogP contribution is -2.34. The van der Waals surface area contributed by atoms with Crippen molar-refractivity contribution in [2.24, 2.45) is 0 Å². The van der Waals surface area contributed by atoms with Crippen LogP contribution in [0.3, 0.4) is 0 Å². The van der Waals surface area contributed by atoms with Crippen LogP contribution in [0.4, 0.5) is 0 Å². The van der Waals surface area contributed by atoms with Crippen molar-refractivity contribution in [1.82, 2.24) is 14.9 Å². The molecule has 1 aliphatic carbocycles. The Morgan fingerprint density at radius 3 is 2.40 bits per heavy atom. The molecule has 1 amide bonds. The zero-order valence-corrected chi connectivity index (χ0v) is 23.7. The van der Waals surface area contributed by atoms with Gasteiger partial charge in [0.25, 0.3) is 5.56 Å². The van der Waals surface area contributed by atoms with Gasteiger partial charge in [-0.15, -0.1) is 0 Å². The van der Waals surface area contributed by atoms with Gasteiger partial charge < -0.3 is 9.88 Å². The minimum atomic E-state index is -0.185. The number of carbonyl (C=O) groups is 1. The third-order valence-corrected chi connectivity index (χ3v) is 8.54. The third-order valence-electron chi connectivity index (χ3n) is 8.54. The van der Waals surface area contributed by atoms with Crippen LogP contribution in [-0.4, -0.2) is 27.3 Å². The standard InChI is InChI=1S/C35H37N3O2/c1-34(2,3)27-16-14-25(15-17-27)26-10-7-9-24(21-26)22-31(39)38-20-8-13-30-29(23-38)32(40)37-33(36-30)35(18-19-35)28-11-5-4-6-12-28/h4-7,9-12,14-17,21H,8,13,18-20,22-23H2,1-3H3,(H,36,37,40). The predicted molar refractivity (Wildman–Crippen MR) is 159 cm³/mol. The molecular formula is C35H37N3O2. The molecule has 1 saturated carbocycles. The third kappa shape index (κ3) is 5.13. The lowest BCUT2D eigenvalue weighted by Gasteiger charge is -2.21. The van der Waals surface area contributed by atoms with Gasteiger partial charge in [0.2, 0.25) is 5.91 Å². The number of nitrogens with one attached hydrogen (secondary N) is 1. The number of amides is 1. The number of hydrogen-bond acceptors (Lipinski definition) is 3. The molecule has 2 aliphatic rings. The monoisotopic (exact) mass is 531 g/mol. The van der Waals surface area contributed by atoms with Crippen molar-refractivity contribution in [3.8, 4) is 11.1 Å². The molecule has 0 unspecified atom stereocenters. The first kappa shape index (κ1) is 26.2. The van der Waals surface area contributed by atoms with Gasteiger partial charge in [-0.05, 0) is 58.9 Å². The van der Waals surface area contributed by atoms with E-state index in [-0.39, 0.29) is 22.3 Å². The number of aromatic nitrogens is 2. The summed E-state index contributed by atoms with van der Waals surface area (Å²) in [7, 11) is 0. The number of fused-ring (bicyclic) bond motifs is 1. The van der Waals surface area contributed by atoms with Crippen molar-refractivity contribution in [2.75, 3.05) is 6.54 Å². The van der Waals surface area contributed by atoms with Crippen molar-refractivity contribution >= 4 is 5.91 Å². The van der Waals surface area contributed by atoms with Crippen LogP contribution in [-0.2, 0) is 35.0 Å². The van der Waals surface area contributed by atoms with Crippen LogP contribution in [0.15, 0.2) is 83.7 Å². The summed E-state index contributed by atoms with van der Waals surface area (Å²) in [6.07, 6.45) is 3.80. The highest BCUT2D eigenvalue weighted by Crippen LogP contribution is 2.51. The molecule has 0 atom stereocenters. The second-order valence-corrected chi connectivity index (χ2v) is 12.4. The molecule has 0 bridgehead atoms. The fraction of sp³-hybridized carbons (Fsp3) is 0.343. The fourth-order valence-corrected chi connectivity index (χ4v) is 5.92. The summed E-state index contributed by atoms with van der Waals surface area (Å²) in [6, 6.07) is 27.2. The largest absolute Gasteiger partial charge is 0.338 e. The molecule has 1 fully saturated rings. The zero-order chi connectivity index (χ0) is 27.9. The SMILES string of the molecule is CC(C)(C)c1ccc(-c2cccc(CC(=O)N3CCCc4nc(C5(c6ccccc6)CC5)[nH]c(=O)c4C3)c2)cc1. The average molecular weight is 532 g/mol. The van der Waals surface area contributed by atoms with Gasteiger partial charge in [-0.2, -0.15) is 0 Å². The van der Waals surface area contributed by atoms with Crippen LogP contribution in [0.2, 0.25) is 0 Å². The van der Waals surface area contributed by atoms with Crippen molar-refractivity contribution in [1.29, 1.82) is 0 Å². The van der Waals surface area contributed by atoms with Gasteiger partial charge in [0.1, 0.15) is 5.82 Å². The van der Waals surface area contributed by atoms with Gasteiger partial charge in [0.05, 0.1) is 29.6 Å². The fourth-order valence-electron chi connectivity index (χ4n) is 5.92. The van der Waals surface area contributed by atoms with Crippen molar-refractivity contribution < 1.29 is 4.79 Å². The van der Waals surface area contributed by atoms with Gasteiger partial charge >= 0.3 is 0 Å². The Morgan fingerprint density at radius 1 is 0.950 bits per heavy atom. The summed E-state index contributed by atoms with van der Waals surface area (Å²) >= 11 is 0. The van der Waals surface area contributed by atoms with E-state index in [0.717, 1.165) is 47.5 Å². The molecule has 5 heteroatoms.